The second-order valence-corrected chi connectivity index (χ2v) is 6.66. The van der Waals surface area contributed by atoms with E-state index in [1.54, 1.807) is 31.2 Å². The number of para-hydroxylation sites is 1. The molecule has 3 aromatic rings. The number of aromatic nitrogens is 1. The molecule has 2 aromatic carbocycles. The summed E-state index contributed by atoms with van der Waals surface area (Å²) in [6.45, 7) is 1.64. The zero-order valence-corrected chi connectivity index (χ0v) is 15.5. The van der Waals surface area contributed by atoms with E-state index in [4.69, 9.17) is 4.74 Å². The van der Waals surface area contributed by atoms with Gasteiger partial charge in [0.15, 0.2) is 5.13 Å². The first-order chi connectivity index (χ1) is 13.1. The molecule has 3 rings (SSSR count). The molecule has 0 spiro atoms. The van der Waals surface area contributed by atoms with Crippen LogP contribution in [-0.4, -0.2) is 22.9 Å². The maximum atomic E-state index is 12.1. The van der Waals surface area contributed by atoms with Crippen molar-refractivity contribution in [3.05, 3.63) is 77.3 Å². The number of thiazole rings is 1. The molecule has 2 N–H and O–H groups in total. The maximum absolute atomic E-state index is 12.1. The van der Waals surface area contributed by atoms with Crippen molar-refractivity contribution in [1.82, 2.24) is 10.3 Å². The number of ether oxygens (including phenoxy) is 1. The van der Waals surface area contributed by atoms with E-state index < -0.39 is 12.0 Å². The summed E-state index contributed by atoms with van der Waals surface area (Å²) in [5, 5.41) is 8.36. The monoisotopic (exact) mass is 381 g/mol. The van der Waals surface area contributed by atoms with Crippen LogP contribution < -0.4 is 10.6 Å². The second kappa shape index (κ2) is 8.95. The van der Waals surface area contributed by atoms with E-state index in [2.05, 4.69) is 15.6 Å². The number of rotatable bonds is 7. The Morgan fingerprint density at radius 3 is 2.44 bits per heavy atom. The smallest absolute Gasteiger partial charge is 0.328 e. The number of amides is 1. The highest BCUT2D eigenvalue weighted by Gasteiger charge is 2.18. The number of nitrogens with zero attached hydrogens (tertiary/aromatic N) is 1. The van der Waals surface area contributed by atoms with Gasteiger partial charge in [0.25, 0.3) is 5.91 Å². The summed E-state index contributed by atoms with van der Waals surface area (Å²) in [6, 6.07) is 17.7. The van der Waals surface area contributed by atoms with Gasteiger partial charge in [0.2, 0.25) is 0 Å². The van der Waals surface area contributed by atoms with E-state index in [-0.39, 0.29) is 12.5 Å². The van der Waals surface area contributed by atoms with Crippen molar-refractivity contribution in [2.45, 2.75) is 19.6 Å². The molecule has 27 heavy (non-hydrogen) atoms. The summed E-state index contributed by atoms with van der Waals surface area (Å²) in [7, 11) is 0. The van der Waals surface area contributed by atoms with E-state index in [9.17, 15) is 9.59 Å². The lowest BCUT2D eigenvalue weighted by atomic mass is 10.2. The molecule has 0 unspecified atom stereocenters. The topological polar surface area (TPSA) is 80.3 Å². The molecule has 1 atom stereocenters. The molecule has 0 bridgehead atoms. The van der Waals surface area contributed by atoms with E-state index >= 15 is 0 Å². The van der Waals surface area contributed by atoms with Gasteiger partial charge >= 0.3 is 5.97 Å². The average Bonchev–Trinajstić information content (AvgIpc) is 3.14. The van der Waals surface area contributed by atoms with Crippen LogP contribution in [-0.2, 0) is 16.1 Å². The van der Waals surface area contributed by atoms with Crippen LogP contribution in [0.25, 0.3) is 0 Å². The number of anilines is 2. The molecule has 0 fully saturated rings. The van der Waals surface area contributed by atoms with Gasteiger partial charge in [0.1, 0.15) is 12.6 Å². The Hall–Kier alpha value is -3.19. The van der Waals surface area contributed by atoms with Crippen LogP contribution in [0.3, 0.4) is 0 Å². The molecule has 1 amide bonds. The van der Waals surface area contributed by atoms with Crippen molar-refractivity contribution in [2.75, 3.05) is 5.32 Å². The third kappa shape index (κ3) is 5.39. The van der Waals surface area contributed by atoms with E-state index in [1.165, 1.54) is 11.3 Å². The molecule has 0 radical (unpaired) electrons. The molecule has 0 aliphatic heterocycles. The first kappa shape index (κ1) is 18.6. The van der Waals surface area contributed by atoms with Gasteiger partial charge in [-0.25, -0.2) is 9.78 Å². The average molecular weight is 381 g/mol. The summed E-state index contributed by atoms with van der Waals surface area (Å²) >= 11 is 1.43. The van der Waals surface area contributed by atoms with Gasteiger partial charge in [-0.3, -0.25) is 4.79 Å². The van der Waals surface area contributed by atoms with Gasteiger partial charge < -0.3 is 15.4 Å². The van der Waals surface area contributed by atoms with Crippen molar-refractivity contribution in [3.8, 4) is 0 Å². The number of benzene rings is 2. The summed E-state index contributed by atoms with van der Waals surface area (Å²) in [5.74, 6) is -0.826. The van der Waals surface area contributed by atoms with Crippen LogP contribution in [0.5, 0.6) is 0 Å². The van der Waals surface area contributed by atoms with Crippen LogP contribution in [0.15, 0.2) is 66.0 Å². The van der Waals surface area contributed by atoms with E-state index in [0.717, 1.165) is 10.8 Å². The minimum atomic E-state index is -0.752. The number of esters is 1. The fourth-order valence-electron chi connectivity index (χ4n) is 2.27. The predicted octanol–water partition coefficient (Wildman–Crippen LogP) is 3.75. The SMILES string of the molecule is C[C@H](NC(=O)c1ccccc1)C(=O)OCc1csc(Nc2ccccc2)n1. The fraction of sp³-hybridized carbons (Fsp3) is 0.150. The van der Waals surface area contributed by atoms with E-state index in [0.29, 0.717) is 11.3 Å². The zero-order valence-electron chi connectivity index (χ0n) is 14.7. The van der Waals surface area contributed by atoms with Crippen LogP contribution in [0, 0.1) is 0 Å². The summed E-state index contributed by atoms with van der Waals surface area (Å²) in [5.41, 5.74) is 2.08. The minimum absolute atomic E-state index is 0.0529. The number of hydrogen-bond acceptors (Lipinski definition) is 6. The maximum Gasteiger partial charge on any atom is 0.328 e. The van der Waals surface area contributed by atoms with Gasteiger partial charge in [0.05, 0.1) is 5.69 Å². The Morgan fingerprint density at radius 2 is 1.74 bits per heavy atom. The van der Waals surface area contributed by atoms with Crippen LogP contribution >= 0.6 is 11.3 Å². The van der Waals surface area contributed by atoms with Crippen LogP contribution in [0.1, 0.15) is 23.0 Å². The lowest BCUT2D eigenvalue weighted by Gasteiger charge is -2.13. The molecule has 1 heterocycles. The number of carbonyl (C=O) groups excluding carboxylic acids is 2. The van der Waals surface area contributed by atoms with Gasteiger partial charge in [0, 0.05) is 16.6 Å². The molecule has 138 valence electrons. The Morgan fingerprint density at radius 1 is 1.07 bits per heavy atom. The van der Waals surface area contributed by atoms with Gasteiger partial charge in [-0.2, -0.15) is 0 Å². The second-order valence-electron chi connectivity index (χ2n) is 5.80. The normalized spacial score (nSPS) is 11.4. The fourth-order valence-corrected chi connectivity index (χ4v) is 2.99. The summed E-state index contributed by atoms with van der Waals surface area (Å²) < 4.78 is 5.25. The lowest BCUT2D eigenvalue weighted by molar-refractivity contribution is -0.146. The van der Waals surface area contributed by atoms with Crippen LogP contribution in [0.4, 0.5) is 10.8 Å². The van der Waals surface area contributed by atoms with Crippen molar-refractivity contribution in [1.29, 1.82) is 0 Å². The molecule has 7 heteroatoms. The zero-order chi connectivity index (χ0) is 19.1. The number of nitrogens with one attached hydrogen (secondary N) is 2. The van der Waals surface area contributed by atoms with Crippen molar-refractivity contribution < 1.29 is 14.3 Å². The number of hydrogen-bond donors (Lipinski definition) is 2. The molecular weight excluding hydrogens is 362 g/mol. The lowest BCUT2D eigenvalue weighted by Crippen LogP contribution is -2.39. The van der Waals surface area contributed by atoms with Crippen molar-refractivity contribution in [3.63, 3.8) is 0 Å². The highest BCUT2D eigenvalue weighted by atomic mass is 32.1. The highest BCUT2D eigenvalue weighted by molar-refractivity contribution is 7.13. The quantitative estimate of drug-likeness (QED) is 0.609. The minimum Gasteiger partial charge on any atom is -0.458 e. The molecule has 0 saturated heterocycles. The molecular formula is C20H19N3O3S. The standard InChI is InChI=1S/C20H19N3O3S/c1-14(21-18(24)15-8-4-2-5-9-15)19(25)26-12-17-13-27-20(23-17)22-16-10-6-3-7-11-16/h2-11,13-14H,12H2,1H3,(H,21,24)(H,22,23)/t14-/m0/s1. The Bertz CT molecular complexity index is 897. The van der Waals surface area contributed by atoms with Gasteiger partial charge in [-0.05, 0) is 31.2 Å². The molecule has 0 aliphatic carbocycles. The molecule has 1 aromatic heterocycles. The predicted molar refractivity (Wildman–Crippen MR) is 105 cm³/mol. The highest BCUT2D eigenvalue weighted by Crippen LogP contribution is 2.21. The Labute approximate surface area is 161 Å². The largest absolute Gasteiger partial charge is 0.458 e. The first-order valence-corrected chi connectivity index (χ1v) is 9.29. The Balaban J connectivity index is 1.48. The third-order valence-electron chi connectivity index (χ3n) is 3.68. The summed E-state index contributed by atoms with van der Waals surface area (Å²) in [6.07, 6.45) is 0. The Kier molecular flexibility index (Phi) is 6.17. The van der Waals surface area contributed by atoms with Gasteiger partial charge in [-0.1, -0.05) is 36.4 Å². The third-order valence-corrected chi connectivity index (χ3v) is 4.48. The molecule has 0 aliphatic rings. The number of carbonyl (C=O) groups is 2. The first-order valence-electron chi connectivity index (χ1n) is 8.41. The van der Waals surface area contributed by atoms with Crippen molar-refractivity contribution >= 4 is 34.0 Å². The summed E-state index contributed by atoms with van der Waals surface area (Å²) in [4.78, 5) is 28.6. The molecule has 6 nitrogen and oxygen atoms in total. The molecule has 0 saturated carbocycles. The van der Waals surface area contributed by atoms with Crippen LogP contribution in [0.2, 0.25) is 0 Å². The van der Waals surface area contributed by atoms with Gasteiger partial charge in [-0.15, -0.1) is 11.3 Å². The van der Waals surface area contributed by atoms with E-state index in [1.807, 2.05) is 41.8 Å². The van der Waals surface area contributed by atoms with Crippen molar-refractivity contribution in [2.24, 2.45) is 0 Å².